The minimum absolute atomic E-state index is 0.0211. The van der Waals surface area contributed by atoms with Gasteiger partial charge in [-0.2, -0.15) is 0 Å². The van der Waals surface area contributed by atoms with E-state index in [9.17, 15) is 4.79 Å². The second-order valence-corrected chi connectivity index (χ2v) is 4.73. The molecule has 3 nitrogen and oxygen atoms in total. The predicted octanol–water partition coefficient (Wildman–Crippen LogP) is 2.25. The monoisotopic (exact) mass is 259 g/mol. The fourth-order valence-electron chi connectivity index (χ4n) is 1.25. The minimum Gasteiger partial charge on any atom is -0.468 e. The third-order valence-electron chi connectivity index (χ3n) is 2.10. The Morgan fingerprint density at radius 1 is 1.56 bits per heavy atom. The van der Waals surface area contributed by atoms with Crippen molar-refractivity contribution in [2.45, 2.75) is 5.25 Å². The molecule has 0 aliphatic rings. The minimum atomic E-state index is -0.254. The average Bonchev–Trinajstić information content (AvgIpc) is 2.31. The summed E-state index contributed by atoms with van der Waals surface area (Å²) in [5.41, 5.74) is 6.63. The zero-order valence-electron chi connectivity index (χ0n) is 8.98. The standard InChI is InChI=1S/C11H14ClNO2S/c1-15-11(14)7-16-10(6-13)8-4-2-3-5-9(8)12/h2-5,10H,6-7,13H2,1H3. The molecule has 0 bridgehead atoms. The van der Waals surface area contributed by atoms with Gasteiger partial charge in [0.05, 0.1) is 12.9 Å². The van der Waals surface area contributed by atoms with Crippen LogP contribution in [0.2, 0.25) is 5.02 Å². The van der Waals surface area contributed by atoms with Crippen LogP contribution in [0.5, 0.6) is 0 Å². The molecule has 0 spiro atoms. The summed E-state index contributed by atoms with van der Waals surface area (Å²) >= 11 is 7.50. The van der Waals surface area contributed by atoms with Gasteiger partial charge in [0.1, 0.15) is 0 Å². The Labute approximate surface area is 104 Å². The number of ether oxygens (including phenoxy) is 1. The molecule has 0 aromatic heterocycles. The number of rotatable bonds is 5. The van der Waals surface area contributed by atoms with Crippen LogP contribution in [0.4, 0.5) is 0 Å². The highest BCUT2D eigenvalue weighted by Gasteiger charge is 2.15. The number of carbonyl (C=O) groups excluding carboxylic acids is 1. The van der Waals surface area contributed by atoms with E-state index in [1.165, 1.54) is 18.9 Å². The molecular formula is C11H14ClNO2S. The maximum Gasteiger partial charge on any atom is 0.315 e. The van der Waals surface area contributed by atoms with Gasteiger partial charge in [0.25, 0.3) is 0 Å². The lowest BCUT2D eigenvalue weighted by atomic mass is 10.1. The van der Waals surface area contributed by atoms with E-state index in [4.69, 9.17) is 17.3 Å². The van der Waals surface area contributed by atoms with Crippen LogP contribution in [-0.4, -0.2) is 25.4 Å². The number of methoxy groups -OCH3 is 1. The molecule has 88 valence electrons. The van der Waals surface area contributed by atoms with Gasteiger partial charge in [-0.15, -0.1) is 11.8 Å². The van der Waals surface area contributed by atoms with Crippen molar-refractivity contribution in [3.63, 3.8) is 0 Å². The number of halogens is 1. The maximum absolute atomic E-state index is 11.0. The summed E-state index contributed by atoms with van der Waals surface area (Å²) in [6, 6.07) is 7.51. The second kappa shape index (κ2) is 6.78. The van der Waals surface area contributed by atoms with Gasteiger partial charge < -0.3 is 10.5 Å². The molecule has 1 aromatic rings. The number of benzene rings is 1. The van der Waals surface area contributed by atoms with Crippen molar-refractivity contribution in [3.8, 4) is 0 Å². The van der Waals surface area contributed by atoms with Crippen molar-refractivity contribution in [2.75, 3.05) is 19.4 Å². The van der Waals surface area contributed by atoms with Gasteiger partial charge in [0.15, 0.2) is 0 Å². The van der Waals surface area contributed by atoms with E-state index in [0.29, 0.717) is 11.6 Å². The summed E-state index contributed by atoms with van der Waals surface area (Å²) in [4.78, 5) is 11.0. The summed E-state index contributed by atoms with van der Waals surface area (Å²) in [7, 11) is 1.37. The van der Waals surface area contributed by atoms with Gasteiger partial charge in [0, 0.05) is 16.8 Å². The predicted molar refractivity (Wildman–Crippen MR) is 67.7 cm³/mol. The quantitative estimate of drug-likeness (QED) is 0.824. The van der Waals surface area contributed by atoms with Crippen molar-refractivity contribution in [1.29, 1.82) is 0 Å². The molecule has 2 N–H and O–H groups in total. The summed E-state index contributed by atoms with van der Waals surface area (Å²) in [5.74, 6) is 0.0272. The van der Waals surface area contributed by atoms with E-state index in [2.05, 4.69) is 4.74 Å². The zero-order valence-corrected chi connectivity index (χ0v) is 10.6. The van der Waals surface area contributed by atoms with Crippen LogP contribution in [-0.2, 0) is 9.53 Å². The lowest BCUT2D eigenvalue weighted by Gasteiger charge is -2.15. The zero-order chi connectivity index (χ0) is 12.0. The maximum atomic E-state index is 11.0. The van der Waals surface area contributed by atoms with Gasteiger partial charge in [-0.25, -0.2) is 0 Å². The number of esters is 1. The smallest absolute Gasteiger partial charge is 0.315 e. The molecule has 0 saturated heterocycles. The molecule has 16 heavy (non-hydrogen) atoms. The van der Waals surface area contributed by atoms with Crippen LogP contribution in [0.3, 0.4) is 0 Å². The molecule has 0 saturated carbocycles. The SMILES string of the molecule is COC(=O)CSC(CN)c1ccccc1Cl. The number of nitrogens with two attached hydrogens (primary N) is 1. The molecule has 1 unspecified atom stereocenters. The molecule has 0 heterocycles. The van der Waals surface area contributed by atoms with Crippen molar-refractivity contribution in [3.05, 3.63) is 34.9 Å². The number of hydrogen-bond donors (Lipinski definition) is 1. The van der Waals surface area contributed by atoms with Crippen molar-refractivity contribution in [2.24, 2.45) is 5.73 Å². The van der Waals surface area contributed by atoms with Gasteiger partial charge >= 0.3 is 5.97 Å². The van der Waals surface area contributed by atoms with Crippen LogP contribution >= 0.6 is 23.4 Å². The Morgan fingerprint density at radius 2 is 2.25 bits per heavy atom. The fourth-order valence-corrected chi connectivity index (χ4v) is 2.56. The molecule has 0 amide bonds. The largest absolute Gasteiger partial charge is 0.468 e. The Balaban J connectivity index is 2.68. The van der Waals surface area contributed by atoms with Gasteiger partial charge in [-0.1, -0.05) is 29.8 Å². The second-order valence-electron chi connectivity index (χ2n) is 3.13. The summed E-state index contributed by atoms with van der Waals surface area (Å²) < 4.78 is 4.58. The first-order valence-corrected chi connectivity index (χ1v) is 6.24. The Kier molecular flexibility index (Phi) is 5.66. The summed E-state index contributed by atoms with van der Waals surface area (Å²) in [6.45, 7) is 0.436. The van der Waals surface area contributed by atoms with Crippen LogP contribution in [0.1, 0.15) is 10.8 Å². The van der Waals surface area contributed by atoms with Gasteiger partial charge in [-0.05, 0) is 11.6 Å². The van der Waals surface area contributed by atoms with Gasteiger partial charge in [-0.3, -0.25) is 4.79 Å². The van der Waals surface area contributed by atoms with Gasteiger partial charge in [0.2, 0.25) is 0 Å². The van der Waals surface area contributed by atoms with Crippen LogP contribution in [0, 0.1) is 0 Å². The Bertz CT molecular complexity index is 360. The first-order chi connectivity index (χ1) is 7.69. The molecular weight excluding hydrogens is 246 g/mol. The summed E-state index contributed by atoms with van der Waals surface area (Å²) in [6.07, 6.45) is 0. The highest BCUT2D eigenvalue weighted by atomic mass is 35.5. The van der Waals surface area contributed by atoms with E-state index in [0.717, 1.165) is 5.56 Å². The average molecular weight is 260 g/mol. The molecule has 1 atom stereocenters. The van der Waals surface area contributed by atoms with Crippen LogP contribution in [0.15, 0.2) is 24.3 Å². The lowest BCUT2D eigenvalue weighted by Crippen LogP contribution is -2.13. The van der Waals surface area contributed by atoms with E-state index >= 15 is 0 Å². The topological polar surface area (TPSA) is 52.3 Å². The highest BCUT2D eigenvalue weighted by Crippen LogP contribution is 2.32. The Morgan fingerprint density at radius 3 is 2.81 bits per heavy atom. The fraction of sp³-hybridized carbons (Fsp3) is 0.364. The normalized spacial score (nSPS) is 12.2. The molecule has 5 heteroatoms. The Hall–Kier alpha value is -0.710. The van der Waals surface area contributed by atoms with Crippen molar-refractivity contribution >= 4 is 29.3 Å². The third-order valence-corrected chi connectivity index (χ3v) is 3.69. The van der Waals surface area contributed by atoms with E-state index in [1.807, 2.05) is 24.3 Å². The molecule has 1 rings (SSSR count). The highest BCUT2D eigenvalue weighted by molar-refractivity contribution is 8.00. The van der Waals surface area contributed by atoms with Crippen molar-refractivity contribution < 1.29 is 9.53 Å². The molecule has 1 aromatic carbocycles. The molecule has 0 aliphatic heterocycles. The number of carbonyl (C=O) groups is 1. The number of thioether (sulfide) groups is 1. The summed E-state index contributed by atoms with van der Waals surface area (Å²) in [5, 5.41) is 0.697. The molecule has 0 fully saturated rings. The lowest BCUT2D eigenvalue weighted by molar-refractivity contribution is -0.137. The van der Waals surface area contributed by atoms with E-state index < -0.39 is 0 Å². The molecule has 0 aliphatic carbocycles. The third kappa shape index (κ3) is 3.70. The van der Waals surface area contributed by atoms with Crippen LogP contribution in [0.25, 0.3) is 0 Å². The van der Waals surface area contributed by atoms with E-state index in [-0.39, 0.29) is 17.0 Å². The molecule has 0 radical (unpaired) electrons. The first-order valence-electron chi connectivity index (χ1n) is 4.82. The van der Waals surface area contributed by atoms with Crippen LogP contribution < -0.4 is 5.73 Å². The van der Waals surface area contributed by atoms with E-state index in [1.54, 1.807) is 0 Å². The number of hydrogen-bond acceptors (Lipinski definition) is 4. The first kappa shape index (κ1) is 13.4. The van der Waals surface area contributed by atoms with Crippen molar-refractivity contribution in [1.82, 2.24) is 0 Å².